The molecule has 0 radical (unpaired) electrons. The van der Waals surface area contributed by atoms with E-state index in [1.54, 1.807) is 0 Å². The van der Waals surface area contributed by atoms with Crippen molar-refractivity contribution in [2.45, 2.75) is 33.9 Å². The van der Waals surface area contributed by atoms with E-state index in [4.69, 9.17) is 0 Å². The lowest BCUT2D eigenvalue weighted by Gasteiger charge is -2.30. The van der Waals surface area contributed by atoms with Crippen molar-refractivity contribution < 1.29 is 0 Å². The predicted molar refractivity (Wildman–Crippen MR) is 78.6 cm³/mol. The van der Waals surface area contributed by atoms with Gasteiger partial charge in [-0.3, -0.25) is 0 Å². The maximum Gasteiger partial charge on any atom is 0.157 e. The Labute approximate surface area is 120 Å². The van der Waals surface area contributed by atoms with Gasteiger partial charge in [-0.05, 0) is 50.5 Å². The SMILES string of the molecule is Cc1cc(C)c(C)c(N2C(C#N)=C(C#N)N(C)[C@@H]2C)c1. The molecule has 1 heterocycles. The van der Waals surface area contributed by atoms with E-state index in [-0.39, 0.29) is 6.17 Å². The normalized spacial score (nSPS) is 18.2. The lowest BCUT2D eigenvalue weighted by Crippen LogP contribution is -2.36. The Morgan fingerprint density at radius 1 is 1.05 bits per heavy atom. The number of hydrogen-bond donors (Lipinski definition) is 0. The number of nitrogens with zero attached hydrogens (tertiary/aromatic N) is 4. The number of nitriles is 2. The number of anilines is 1. The third-order valence-corrected chi connectivity index (χ3v) is 4.01. The molecular weight excluding hydrogens is 248 g/mol. The molecule has 0 spiro atoms. The lowest BCUT2D eigenvalue weighted by atomic mass is 10.0. The van der Waals surface area contributed by atoms with Crippen LogP contribution in [0.2, 0.25) is 0 Å². The van der Waals surface area contributed by atoms with Gasteiger partial charge in [0.25, 0.3) is 0 Å². The molecule has 0 fully saturated rings. The van der Waals surface area contributed by atoms with Crippen molar-refractivity contribution in [1.29, 1.82) is 10.5 Å². The van der Waals surface area contributed by atoms with Crippen molar-refractivity contribution in [3.8, 4) is 12.1 Å². The minimum Gasteiger partial charge on any atom is -0.343 e. The van der Waals surface area contributed by atoms with E-state index in [1.165, 1.54) is 5.56 Å². The third-order valence-electron chi connectivity index (χ3n) is 4.01. The second-order valence-corrected chi connectivity index (χ2v) is 5.26. The summed E-state index contributed by atoms with van der Waals surface area (Å²) in [5.41, 5.74) is 5.35. The van der Waals surface area contributed by atoms with E-state index in [2.05, 4.69) is 38.1 Å². The van der Waals surface area contributed by atoms with E-state index < -0.39 is 0 Å². The molecule has 0 aromatic heterocycles. The molecule has 1 atom stereocenters. The first-order valence-corrected chi connectivity index (χ1v) is 6.56. The molecule has 0 unspecified atom stereocenters. The number of hydrogen-bond acceptors (Lipinski definition) is 4. The summed E-state index contributed by atoms with van der Waals surface area (Å²) in [5.74, 6) is 0. The lowest BCUT2D eigenvalue weighted by molar-refractivity contribution is 0.367. The van der Waals surface area contributed by atoms with Crippen LogP contribution < -0.4 is 4.90 Å². The van der Waals surface area contributed by atoms with Crippen LogP contribution in [0.25, 0.3) is 0 Å². The maximum absolute atomic E-state index is 9.44. The van der Waals surface area contributed by atoms with E-state index in [0.717, 1.165) is 16.8 Å². The molecule has 1 aliphatic heterocycles. The second kappa shape index (κ2) is 4.90. The van der Waals surface area contributed by atoms with Crippen LogP contribution in [-0.2, 0) is 0 Å². The Bertz CT molecular complexity index is 673. The Balaban J connectivity index is 2.68. The molecule has 1 aromatic rings. The fourth-order valence-electron chi connectivity index (χ4n) is 2.66. The van der Waals surface area contributed by atoms with Crippen molar-refractivity contribution in [2.24, 2.45) is 0 Å². The van der Waals surface area contributed by atoms with Gasteiger partial charge >= 0.3 is 0 Å². The highest BCUT2D eigenvalue weighted by Crippen LogP contribution is 2.36. The molecule has 0 aliphatic carbocycles. The van der Waals surface area contributed by atoms with Crippen LogP contribution >= 0.6 is 0 Å². The standard InChI is InChI=1S/C16H18N4/c1-10-6-11(2)12(3)14(7-10)20-13(4)19(5)15(8-17)16(20)9-18/h6-7,13H,1-5H3/t13-/m0/s1. The molecule has 0 saturated heterocycles. The molecule has 1 aromatic carbocycles. The summed E-state index contributed by atoms with van der Waals surface area (Å²) in [7, 11) is 1.85. The fraction of sp³-hybridized carbons (Fsp3) is 0.375. The first-order chi connectivity index (χ1) is 9.42. The molecule has 0 amide bonds. The van der Waals surface area contributed by atoms with Crippen molar-refractivity contribution >= 4 is 5.69 Å². The average molecular weight is 266 g/mol. The monoisotopic (exact) mass is 266 g/mol. The third kappa shape index (κ3) is 1.90. The minimum atomic E-state index is -0.0424. The topological polar surface area (TPSA) is 54.1 Å². The molecule has 4 nitrogen and oxygen atoms in total. The molecule has 20 heavy (non-hydrogen) atoms. The molecule has 102 valence electrons. The highest BCUT2D eigenvalue weighted by atomic mass is 15.4. The smallest absolute Gasteiger partial charge is 0.157 e. The van der Waals surface area contributed by atoms with Crippen molar-refractivity contribution in [3.63, 3.8) is 0 Å². The van der Waals surface area contributed by atoms with Crippen LogP contribution in [-0.4, -0.2) is 18.1 Å². The van der Waals surface area contributed by atoms with Gasteiger partial charge in [-0.25, -0.2) is 0 Å². The molecule has 2 rings (SSSR count). The average Bonchev–Trinajstić information content (AvgIpc) is 2.65. The van der Waals surface area contributed by atoms with Gasteiger partial charge in [0.1, 0.15) is 18.3 Å². The van der Waals surface area contributed by atoms with Gasteiger partial charge in [0.15, 0.2) is 11.4 Å². The van der Waals surface area contributed by atoms with Crippen LogP contribution in [0.4, 0.5) is 5.69 Å². The van der Waals surface area contributed by atoms with E-state index in [1.807, 2.05) is 30.7 Å². The van der Waals surface area contributed by atoms with Gasteiger partial charge in [-0.1, -0.05) is 6.07 Å². The summed E-state index contributed by atoms with van der Waals surface area (Å²) in [4.78, 5) is 3.80. The summed E-state index contributed by atoms with van der Waals surface area (Å²) < 4.78 is 0. The van der Waals surface area contributed by atoms with E-state index in [9.17, 15) is 10.5 Å². The predicted octanol–water partition coefficient (Wildman–Crippen LogP) is 2.97. The summed E-state index contributed by atoms with van der Waals surface area (Å²) in [5, 5.41) is 18.7. The summed E-state index contributed by atoms with van der Waals surface area (Å²) in [6.07, 6.45) is -0.0424. The Morgan fingerprint density at radius 3 is 2.20 bits per heavy atom. The summed E-state index contributed by atoms with van der Waals surface area (Å²) in [6.45, 7) is 8.16. The van der Waals surface area contributed by atoms with Crippen LogP contribution in [0.5, 0.6) is 0 Å². The highest BCUT2D eigenvalue weighted by molar-refractivity contribution is 5.67. The van der Waals surface area contributed by atoms with Gasteiger partial charge < -0.3 is 9.80 Å². The zero-order valence-electron chi connectivity index (χ0n) is 12.5. The number of allylic oxidation sites excluding steroid dienone is 2. The van der Waals surface area contributed by atoms with Crippen molar-refractivity contribution in [2.75, 3.05) is 11.9 Å². The van der Waals surface area contributed by atoms with Gasteiger partial charge in [0.05, 0.1) is 0 Å². The minimum absolute atomic E-state index is 0.0424. The van der Waals surface area contributed by atoms with Crippen LogP contribution in [0.3, 0.4) is 0 Å². The zero-order chi connectivity index (χ0) is 15.0. The quantitative estimate of drug-likeness (QED) is 0.784. The number of benzene rings is 1. The summed E-state index contributed by atoms with van der Waals surface area (Å²) >= 11 is 0. The van der Waals surface area contributed by atoms with Gasteiger partial charge in [-0.2, -0.15) is 10.5 Å². The van der Waals surface area contributed by atoms with E-state index in [0.29, 0.717) is 11.4 Å². The molecule has 0 N–H and O–H groups in total. The maximum atomic E-state index is 9.44. The molecule has 1 aliphatic rings. The summed E-state index contributed by atoms with van der Waals surface area (Å²) in [6, 6.07) is 8.52. The van der Waals surface area contributed by atoms with Gasteiger partial charge in [-0.15, -0.1) is 0 Å². The Morgan fingerprint density at radius 2 is 1.65 bits per heavy atom. The fourth-order valence-corrected chi connectivity index (χ4v) is 2.66. The first kappa shape index (κ1) is 14.0. The molecule has 0 saturated carbocycles. The Hall–Kier alpha value is -2.46. The number of rotatable bonds is 1. The first-order valence-electron chi connectivity index (χ1n) is 6.56. The highest BCUT2D eigenvalue weighted by Gasteiger charge is 2.35. The molecular formula is C16H18N4. The van der Waals surface area contributed by atoms with Crippen LogP contribution in [0.15, 0.2) is 23.5 Å². The van der Waals surface area contributed by atoms with Gasteiger partial charge in [0.2, 0.25) is 0 Å². The van der Waals surface area contributed by atoms with Crippen LogP contribution in [0.1, 0.15) is 23.6 Å². The molecule has 0 bridgehead atoms. The zero-order valence-corrected chi connectivity index (χ0v) is 12.5. The van der Waals surface area contributed by atoms with Crippen LogP contribution in [0, 0.1) is 43.4 Å². The van der Waals surface area contributed by atoms with E-state index >= 15 is 0 Å². The Kier molecular flexibility index (Phi) is 3.42. The van der Waals surface area contributed by atoms with Crippen molar-refractivity contribution in [3.05, 3.63) is 40.2 Å². The largest absolute Gasteiger partial charge is 0.343 e. The number of aryl methyl sites for hydroxylation is 2. The van der Waals surface area contributed by atoms with Gasteiger partial charge in [0, 0.05) is 12.7 Å². The van der Waals surface area contributed by atoms with Crippen molar-refractivity contribution in [1.82, 2.24) is 4.90 Å². The second-order valence-electron chi connectivity index (χ2n) is 5.26. The molecule has 4 heteroatoms.